The molecule has 4 heteroatoms. The van der Waals surface area contributed by atoms with Crippen molar-refractivity contribution in [1.82, 2.24) is 5.32 Å². The molecule has 0 saturated carbocycles. The standard InChI is InChI=1S/C13H28N2O2/c1-6-7-11(4)8-17-9-13(5,12(14)16)15-10(2)3/h10-11,15H,6-9H2,1-5H3,(H2,14,16). The summed E-state index contributed by atoms with van der Waals surface area (Å²) >= 11 is 0. The van der Waals surface area contributed by atoms with Crippen LogP contribution < -0.4 is 11.1 Å². The first kappa shape index (κ1) is 16.4. The van der Waals surface area contributed by atoms with Crippen LogP contribution in [0.5, 0.6) is 0 Å². The summed E-state index contributed by atoms with van der Waals surface area (Å²) in [5.74, 6) is 0.158. The van der Waals surface area contributed by atoms with Crippen LogP contribution in [0.1, 0.15) is 47.5 Å². The molecule has 3 N–H and O–H groups in total. The summed E-state index contributed by atoms with van der Waals surface area (Å²) in [6.45, 7) is 11.1. The van der Waals surface area contributed by atoms with E-state index < -0.39 is 5.54 Å². The van der Waals surface area contributed by atoms with Crippen molar-refractivity contribution in [2.45, 2.75) is 59.0 Å². The van der Waals surface area contributed by atoms with E-state index in [0.29, 0.717) is 19.1 Å². The van der Waals surface area contributed by atoms with Crippen molar-refractivity contribution in [2.75, 3.05) is 13.2 Å². The maximum atomic E-state index is 11.4. The van der Waals surface area contributed by atoms with Gasteiger partial charge in [0, 0.05) is 12.6 Å². The van der Waals surface area contributed by atoms with Gasteiger partial charge >= 0.3 is 0 Å². The van der Waals surface area contributed by atoms with Crippen molar-refractivity contribution in [2.24, 2.45) is 11.7 Å². The average molecular weight is 244 g/mol. The van der Waals surface area contributed by atoms with E-state index in [1.807, 2.05) is 13.8 Å². The molecule has 2 atom stereocenters. The van der Waals surface area contributed by atoms with Gasteiger partial charge in [-0.3, -0.25) is 10.1 Å². The molecule has 0 heterocycles. The Bertz CT molecular complexity index is 231. The molecule has 4 nitrogen and oxygen atoms in total. The second-order valence-electron chi connectivity index (χ2n) is 5.40. The van der Waals surface area contributed by atoms with E-state index in [0.717, 1.165) is 12.8 Å². The Labute approximate surface area is 105 Å². The van der Waals surface area contributed by atoms with Crippen molar-refractivity contribution in [3.8, 4) is 0 Å². The van der Waals surface area contributed by atoms with Gasteiger partial charge in [-0.1, -0.05) is 20.3 Å². The van der Waals surface area contributed by atoms with Gasteiger partial charge in [-0.05, 0) is 33.1 Å². The van der Waals surface area contributed by atoms with Crippen LogP contribution in [0.3, 0.4) is 0 Å². The molecule has 0 aliphatic carbocycles. The van der Waals surface area contributed by atoms with E-state index >= 15 is 0 Å². The lowest BCUT2D eigenvalue weighted by molar-refractivity contribution is -0.126. The van der Waals surface area contributed by atoms with E-state index in [4.69, 9.17) is 10.5 Å². The number of rotatable bonds is 9. The zero-order valence-corrected chi connectivity index (χ0v) is 11.9. The molecule has 0 aliphatic rings. The third-order valence-corrected chi connectivity index (χ3v) is 2.73. The number of amides is 1. The van der Waals surface area contributed by atoms with Crippen molar-refractivity contribution in [3.63, 3.8) is 0 Å². The molecule has 0 radical (unpaired) electrons. The summed E-state index contributed by atoms with van der Waals surface area (Å²) in [7, 11) is 0. The summed E-state index contributed by atoms with van der Waals surface area (Å²) in [5.41, 5.74) is 4.64. The Balaban J connectivity index is 4.14. The monoisotopic (exact) mass is 244 g/mol. The van der Waals surface area contributed by atoms with Crippen molar-refractivity contribution in [3.05, 3.63) is 0 Å². The third-order valence-electron chi connectivity index (χ3n) is 2.73. The Kier molecular flexibility index (Phi) is 7.39. The molecular formula is C13H28N2O2. The zero-order chi connectivity index (χ0) is 13.5. The van der Waals surface area contributed by atoms with Gasteiger partial charge in [0.05, 0.1) is 6.61 Å². The van der Waals surface area contributed by atoms with Crippen LogP contribution in [0.25, 0.3) is 0 Å². The predicted octanol–water partition coefficient (Wildman–Crippen LogP) is 1.68. The van der Waals surface area contributed by atoms with Gasteiger partial charge in [0.25, 0.3) is 0 Å². The number of carbonyl (C=O) groups is 1. The van der Waals surface area contributed by atoms with Gasteiger partial charge in [-0.2, -0.15) is 0 Å². The van der Waals surface area contributed by atoms with Crippen LogP contribution in [0, 0.1) is 5.92 Å². The lowest BCUT2D eigenvalue weighted by Gasteiger charge is -2.30. The van der Waals surface area contributed by atoms with Crippen molar-refractivity contribution >= 4 is 5.91 Å². The highest BCUT2D eigenvalue weighted by molar-refractivity contribution is 5.84. The summed E-state index contributed by atoms with van der Waals surface area (Å²) in [6, 6.07) is 0.198. The highest BCUT2D eigenvalue weighted by Crippen LogP contribution is 2.09. The zero-order valence-electron chi connectivity index (χ0n) is 11.9. The Morgan fingerprint density at radius 2 is 2.00 bits per heavy atom. The van der Waals surface area contributed by atoms with Crippen LogP contribution in [-0.4, -0.2) is 30.7 Å². The average Bonchev–Trinajstić information content (AvgIpc) is 2.16. The molecule has 0 aliphatic heterocycles. The fourth-order valence-corrected chi connectivity index (χ4v) is 1.86. The second-order valence-corrected chi connectivity index (χ2v) is 5.40. The summed E-state index contributed by atoms with van der Waals surface area (Å²) in [5, 5.41) is 3.16. The Morgan fingerprint density at radius 3 is 2.41 bits per heavy atom. The van der Waals surface area contributed by atoms with Crippen LogP contribution in [0.15, 0.2) is 0 Å². The van der Waals surface area contributed by atoms with Gasteiger partial charge in [0.15, 0.2) is 0 Å². The quantitative estimate of drug-likeness (QED) is 0.648. The maximum absolute atomic E-state index is 11.4. The maximum Gasteiger partial charge on any atom is 0.239 e. The van der Waals surface area contributed by atoms with Crippen LogP contribution in [0.2, 0.25) is 0 Å². The van der Waals surface area contributed by atoms with Crippen molar-refractivity contribution < 1.29 is 9.53 Å². The van der Waals surface area contributed by atoms with Gasteiger partial charge in [-0.15, -0.1) is 0 Å². The second kappa shape index (κ2) is 7.67. The van der Waals surface area contributed by atoms with E-state index in [9.17, 15) is 4.79 Å². The lowest BCUT2D eigenvalue weighted by Crippen LogP contribution is -2.58. The van der Waals surface area contributed by atoms with Gasteiger partial charge in [-0.25, -0.2) is 0 Å². The summed E-state index contributed by atoms with van der Waals surface area (Å²) < 4.78 is 5.61. The fraction of sp³-hybridized carbons (Fsp3) is 0.923. The number of nitrogens with one attached hydrogen (secondary N) is 1. The van der Waals surface area contributed by atoms with E-state index in [1.54, 1.807) is 6.92 Å². The smallest absolute Gasteiger partial charge is 0.239 e. The summed E-state index contributed by atoms with van der Waals surface area (Å²) in [6.07, 6.45) is 2.30. The molecule has 2 unspecified atom stereocenters. The van der Waals surface area contributed by atoms with E-state index in [2.05, 4.69) is 19.2 Å². The molecule has 0 bridgehead atoms. The topological polar surface area (TPSA) is 64.3 Å². The largest absolute Gasteiger partial charge is 0.379 e. The highest BCUT2D eigenvalue weighted by atomic mass is 16.5. The van der Waals surface area contributed by atoms with E-state index in [1.165, 1.54) is 0 Å². The number of carbonyl (C=O) groups excluding carboxylic acids is 1. The molecule has 0 aromatic heterocycles. The molecule has 0 aromatic rings. The number of primary amides is 1. The number of hydrogen-bond acceptors (Lipinski definition) is 3. The van der Waals surface area contributed by atoms with Crippen LogP contribution >= 0.6 is 0 Å². The minimum absolute atomic E-state index is 0.198. The molecule has 0 aromatic carbocycles. The highest BCUT2D eigenvalue weighted by Gasteiger charge is 2.31. The molecule has 17 heavy (non-hydrogen) atoms. The third kappa shape index (κ3) is 6.64. The summed E-state index contributed by atoms with van der Waals surface area (Å²) in [4.78, 5) is 11.4. The minimum Gasteiger partial charge on any atom is -0.379 e. The minimum atomic E-state index is -0.778. The SMILES string of the molecule is CCCC(C)COCC(C)(NC(C)C)C(N)=O. The van der Waals surface area contributed by atoms with E-state index in [-0.39, 0.29) is 11.9 Å². The molecule has 0 spiro atoms. The molecule has 102 valence electrons. The number of nitrogens with two attached hydrogens (primary N) is 1. The Morgan fingerprint density at radius 1 is 1.41 bits per heavy atom. The first-order chi connectivity index (χ1) is 7.81. The molecular weight excluding hydrogens is 216 g/mol. The number of ether oxygens (including phenoxy) is 1. The van der Waals surface area contributed by atoms with Crippen LogP contribution in [0.4, 0.5) is 0 Å². The van der Waals surface area contributed by atoms with Gasteiger partial charge in [0.1, 0.15) is 5.54 Å². The predicted molar refractivity (Wildman–Crippen MR) is 70.8 cm³/mol. The van der Waals surface area contributed by atoms with Gasteiger partial charge < -0.3 is 10.5 Å². The molecule has 0 fully saturated rings. The first-order valence-electron chi connectivity index (χ1n) is 6.47. The Hall–Kier alpha value is -0.610. The normalized spacial score (nSPS) is 16.8. The van der Waals surface area contributed by atoms with Crippen LogP contribution in [-0.2, 0) is 9.53 Å². The lowest BCUT2D eigenvalue weighted by atomic mass is 10.0. The van der Waals surface area contributed by atoms with Crippen molar-refractivity contribution in [1.29, 1.82) is 0 Å². The fourth-order valence-electron chi connectivity index (χ4n) is 1.86. The molecule has 0 saturated heterocycles. The number of hydrogen-bond donors (Lipinski definition) is 2. The molecule has 1 amide bonds. The van der Waals surface area contributed by atoms with Gasteiger partial charge in [0.2, 0.25) is 5.91 Å². The molecule has 0 rings (SSSR count). The first-order valence-corrected chi connectivity index (χ1v) is 6.47.